The van der Waals surface area contributed by atoms with E-state index < -0.39 is 17.3 Å². The molecule has 1 aliphatic carbocycles. The number of nitrogens with two attached hydrogens (primary N) is 1. The summed E-state index contributed by atoms with van der Waals surface area (Å²) in [5.74, 6) is -1.29. The van der Waals surface area contributed by atoms with Gasteiger partial charge in [-0.2, -0.15) is 0 Å². The van der Waals surface area contributed by atoms with Crippen LogP contribution in [0.1, 0.15) is 29.8 Å². The van der Waals surface area contributed by atoms with Crippen LogP contribution in [0, 0.1) is 5.41 Å². The van der Waals surface area contributed by atoms with E-state index in [0.717, 1.165) is 6.42 Å². The van der Waals surface area contributed by atoms with Crippen molar-refractivity contribution in [2.24, 2.45) is 5.41 Å². The van der Waals surface area contributed by atoms with Gasteiger partial charge in [0.15, 0.2) is 5.69 Å². The maximum Gasteiger partial charge on any atom is 0.311 e. The number of carbonyl (C=O) groups is 2. The van der Waals surface area contributed by atoms with Crippen LogP contribution in [0.4, 0.5) is 5.69 Å². The standard InChI is InChI=1S/C12H15N3O3/c13-8-3-1-6-14-9(8)10(16)15-7-12(11(17)18)4-2-5-12/h1,3,6H,2,4-5,7,13H2,(H,15,16)(H,17,18). The molecule has 1 fully saturated rings. The number of pyridine rings is 1. The van der Waals surface area contributed by atoms with Gasteiger partial charge in [-0.05, 0) is 25.0 Å². The molecule has 1 amide bonds. The fourth-order valence-corrected chi connectivity index (χ4v) is 2.01. The largest absolute Gasteiger partial charge is 0.481 e. The number of nitrogens with zero attached hydrogens (tertiary/aromatic N) is 1. The third-order valence-electron chi connectivity index (χ3n) is 3.41. The molecule has 0 unspecified atom stereocenters. The smallest absolute Gasteiger partial charge is 0.311 e. The minimum atomic E-state index is -0.858. The van der Waals surface area contributed by atoms with Crippen molar-refractivity contribution in [2.75, 3.05) is 12.3 Å². The summed E-state index contributed by atoms with van der Waals surface area (Å²) in [5, 5.41) is 11.7. The first-order chi connectivity index (χ1) is 8.55. The summed E-state index contributed by atoms with van der Waals surface area (Å²) in [6.45, 7) is 0.122. The van der Waals surface area contributed by atoms with Crippen molar-refractivity contribution in [1.82, 2.24) is 10.3 Å². The van der Waals surface area contributed by atoms with E-state index in [-0.39, 0.29) is 17.9 Å². The van der Waals surface area contributed by atoms with Crippen LogP contribution in [-0.2, 0) is 4.79 Å². The molecule has 1 aromatic heterocycles. The minimum Gasteiger partial charge on any atom is -0.481 e. The second-order valence-electron chi connectivity index (χ2n) is 4.56. The highest BCUT2D eigenvalue weighted by molar-refractivity contribution is 5.97. The van der Waals surface area contributed by atoms with Crippen LogP contribution < -0.4 is 11.1 Å². The maximum atomic E-state index is 11.8. The number of carboxylic acids is 1. The lowest BCUT2D eigenvalue weighted by molar-refractivity contribution is -0.153. The highest BCUT2D eigenvalue weighted by Gasteiger charge is 2.44. The van der Waals surface area contributed by atoms with Gasteiger partial charge in [-0.1, -0.05) is 6.42 Å². The molecule has 18 heavy (non-hydrogen) atoms. The van der Waals surface area contributed by atoms with Crippen molar-refractivity contribution < 1.29 is 14.7 Å². The summed E-state index contributed by atoms with van der Waals surface area (Å²) in [5.41, 5.74) is 5.24. The molecule has 1 aliphatic rings. The van der Waals surface area contributed by atoms with Crippen molar-refractivity contribution in [3.05, 3.63) is 24.0 Å². The van der Waals surface area contributed by atoms with E-state index in [1.165, 1.54) is 6.20 Å². The Labute approximate surface area is 104 Å². The van der Waals surface area contributed by atoms with Crippen LogP contribution in [0.5, 0.6) is 0 Å². The van der Waals surface area contributed by atoms with Crippen LogP contribution >= 0.6 is 0 Å². The molecule has 1 aromatic rings. The molecule has 6 heteroatoms. The van der Waals surface area contributed by atoms with Gasteiger partial charge in [0.2, 0.25) is 0 Å². The number of amides is 1. The van der Waals surface area contributed by atoms with E-state index in [0.29, 0.717) is 12.8 Å². The summed E-state index contributed by atoms with van der Waals surface area (Å²) in [6, 6.07) is 3.22. The Bertz CT molecular complexity index is 483. The molecule has 0 spiro atoms. The topological polar surface area (TPSA) is 105 Å². The van der Waals surface area contributed by atoms with E-state index in [4.69, 9.17) is 10.8 Å². The summed E-state index contributed by atoms with van der Waals surface area (Å²) in [4.78, 5) is 26.8. The third-order valence-corrected chi connectivity index (χ3v) is 3.41. The molecule has 96 valence electrons. The summed E-state index contributed by atoms with van der Waals surface area (Å²) >= 11 is 0. The molecule has 0 aromatic carbocycles. The van der Waals surface area contributed by atoms with E-state index in [2.05, 4.69) is 10.3 Å². The average molecular weight is 249 g/mol. The second-order valence-corrected chi connectivity index (χ2v) is 4.56. The number of hydrogen-bond donors (Lipinski definition) is 3. The fraction of sp³-hybridized carbons (Fsp3) is 0.417. The quantitative estimate of drug-likeness (QED) is 0.726. The first kappa shape index (κ1) is 12.3. The second kappa shape index (κ2) is 4.64. The Morgan fingerprint density at radius 1 is 1.50 bits per heavy atom. The predicted octanol–water partition coefficient (Wildman–Crippen LogP) is 0.648. The molecular weight excluding hydrogens is 234 g/mol. The van der Waals surface area contributed by atoms with Crippen LogP contribution in [0.2, 0.25) is 0 Å². The lowest BCUT2D eigenvalue weighted by atomic mass is 9.69. The minimum absolute atomic E-state index is 0.122. The van der Waals surface area contributed by atoms with Gasteiger partial charge in [0, 0.05) is 12.7 Å². The van der Waals surface area contributed by atoms with E-state index in [1.54, 1.807) is 12.1 Å². The van der Waals surface area contributed by atoms with Crippen molar-refractivity contribution in [1.29, 1.82) is 0 Å². The summed E-state index contributed by atoms with van der Waals surface area (Å²) in [7, 11) is 0. The molecule has 0 bridgehead atoms. The fourth-order valence-electron chi connectivity index (χ4n) is 2.01. The summed E-state index contributed by atoms with van der Waals surface area (Å²) in [6.07, 6.45) is 3.55. The molecule has 0 atom stereocenters. The van der Waals surface area contributed by atoms with E-state index in [9.17, 15) is 9.59 Å². The van der Waals surface area contributed by atoms with Gasteiger partial charge in [0.05, 0.1) is 11.1 Å². The van der Waals surface area contributed by atoms with Gasteiger partial charge in [0.25, 0.3) is 5.91 Å². The number of hydrogen-bond acceptors (Lipinski definition) is 4. The molecule has 4 N–H and O–H groups in total. The maximum absolute atomic E-state index is 11.8. The van der Waals surface area contributed by atoms with Crippen LogP contribution in [0.3, 0.4) is 0 Å². The number of anilines is 1. The predicted molar refractivity (Wildman–Crippen MR) is 64.9 cm³/mol. The van der Waals surface area contributed by atoms with Gasteiger partial charge < -0.3 is 16.2 Å². The normalized spacial score (nSPS) is 16.7. The molecule has 2 rings (SSSR count). The Balaban J connectivity index is 2.01. The molecule has 0 aliphatic heterocycles. The SMILES string of the molecule is Nc1cccnc1C(=O)NCC1(C(=O)O)CCC1. The van der Waals surface area contributed by atoms with Gasteiger partial charge in [-0.15, -0.1) is 0 Å². The number of aromatic nitrogens is 1. The zero-order valence-electron chi connectivity index (χ0n) is 9.85. The van der Waals surface area contributed by atoms with Crippen LogP contribution in [0.15, 0.2) is 18.3 Å². The zero-order valence-corrected chi connectivity index (χ0v) is 9.85. The van der Waals surface area contributed by atoms with E-state index in [1.807, 2.05) is 0 Å². The van der Waals surface area contributed by atoms with Crippen molar-refractivity contribution in [3.8, 4) is 0 Å². The van der Waals surface area contributed by atoms with Gasteiger partial charge in [-0.25, -0.2) is 4.98 Å². The monoisotopic (exact) mass is 249 g/mol. The number of nitrogens with one attached hydrogen (secondary N) is 1. The first-order valence-electron chi connectivity index (χ1n) is 5.77. The summed E-state index contributed by atoms with van der Waals surface area (Å²) < 4.78 is 0. The number of carboxylic acid groups (broad SMARTS) is 1. The lowest BCUT2D eigenvalue weighted by Crippen LogP contribution is -2.47. The van der Waals surface area contributed by atoms with Crippen LogP contribution in [0.25, 0.3) is 0 Å². The number of nitrogen functional groups attached to an aromatic ring is 1. The molecule has 1 heterocycles. The molecular formula is C12H15N3O3. The molecule has 0 radical (unpaired) electrons. The number of carbonyl (C=O) groups excluding carboxylic acids is 1. The first-order valence-corrected chi connectivity index (χ1v) is 5.77. The third kappa shape index (κ3) is 2.13. The van der Waals surface area contributed by atoms with Gasteiger partial charge in [-0.3, -0.25) is 9.59 Å². The number of aliphatic carboxylic acids is 1. The Hall–Kier alpha value is -2.11. The number of rotatable bonds is 4. The van der Waals surface area contributed by atoms with Crippen molar-refractivity contribution in [2.45, 2.75) is 19.3 Å². The lowest BCUT2D eigenvalue weighted by Gasteiger charge is -2.37. The Morgan fingerprint density at radius 2 is 2.22 bits per heavy atom. The zero-order chi connectivity index (χ0) is 13.2. The van der Waals surface area contributed by atoms with Crippen LogP contribution in [-0.4, -0.2) is 28.5 Å². The Morgan fingerprint density at radius 3 is 2.72 bits per heavy atom. The van der Waals surface area contributed by atoms with Gasteiger partial charge in [0.1, 0.15) is 0 Å². The molecule has 6 nitrogen and oxygen atoms in total. The highest BCUT2D eigenvalue weighted by Crippen LogP contribution is 2.40. The molecule has 0 saturated heterocycles. The Kier molecular flexibility index (Phi) is 3.18. The van der Waals surface area contributed by atoms with Crippen molar-refractivity contribution in [3.63, 3.8) is 0 Å². The average Bonchev–Trinajstić information content (AvgIpc) is 2.27. The molecule has 1 saturated carbocycles. The van der Waals surface area contributed by atoms with E-state index >= 15 is 0 Å². The van der Waals surface area contributed by atoms with Gasteiger partial charge >= 0.3 is 5.97 Å². The highest BCUT2D eigenvalue weighted by atomic mass is 16.4. The van der Waals surface area contributed by atoms with Crippen molar-refractivity contribution >= 4 is 17.6 Å².